The highest BCUT2D eigenvalue weighted by molar-refractivity contribution is 7.98. The van der Waals surface area contributed by atoms with Crippen molar-refractivity contribution in [3.8, 4) is 0 Å². The first-order chi connectivity index (χ1) is 14.8. The van der Waals surface area contributed by atoms with Crippen LogP contribution >= 0.6 is 11.8 Å². The number of hydrogen-bond donors (Lipinski definition) is 8. The number of carboxylic acid groups (broad SMARTS) is 2. The number of nitrogens with one attached hydrogen (secondary N) is 3. The third kappa shape index (κ3) is 10.9. The predicted octanol–water partition coefficient (Wildman–Crippen LogP) is -3.66. The lowest BCUT2D eigenvalue weighted by Crippen LogP contribution is -2.59. The Balaban J connectivity index is 5.49. The van der Waals surface area contributed by atoms with Gasteiger partial charge < -0.3 is 42.7 Å². The summed E-state index contributed by atoms with van der Waals surface area (Å²) < 4.78 is 0. The zero-order valence-electron chi connectivity index (χ0n) is 17.6. The van der Waals surface area contributed by atoms with Crippen LogP contribution in [-0.4, -0.2) is 93.2 Å². The van der Waals surface area contributed by atoms with E-state index in [-0.39, 0.29) is 6.42 Å². The molecule has 0 heterocycles. The Morgan fingerprint density at radius 3 is 1.84 bits per heavy atom. The van der Waals surface area contributed by atoms with E-state index in [1.165, 1.54) is 11.8 Å². The number of aliphatic hydroxyl groups excluding tert-OH is 1. The second-order valence-corrected chi connectivity index (χ2v) is 7.83. The Kier molecular flexibility index (Phi) is 12.9. The van der Waals surface area contributed by atoms with Crippen LogP contribution in [0.25, 0.3) is 0 Å². The van der Waals surface area contributed by atoms with Crippen molar-refractivity contribution in [3.63, 3.8) is 0 Å². The highest BCUT2D eigenvalue weighted by Crippen LogP contribution is 2.03. The lowest BCUT2D eigenvalue weighted by atomic mass is 10.1. The molecule has 4 amide bonds. The van der Waals surface area contributed by atoms with Crippen molar-refractivity contribution in [2.45, 2.75) is 56.5 Å². The summed E-state index contributed by atoms with van der Waals surface area (Å²) in [5.41, 5.74) is 10.8. The molecule has 0 aliphatic rings. The molecule has 0 rings (SSSR count). The Morgan fingerprint density at radius 1 is 0.906 bits per heavy atom. The second kappa shape index (κ2) is 14.2. The molecule has 0 aliphatic heterocycles. The fourth-order valence-corrected chi connectivity index (χ4v) is 2.85. The Morgan fingerprint density at radius 2 is 1.41 bits per heavy atom. The van der Waals surface area contributed by atoms with Gasteiger partial charge in [0.1, 0.15) is 12.1 Å². The fourth-order valence-electron chi connectivity index (χ4n) is 2.36. The van der Waals surface area contributed by atoms with Crippen LogP contribution in [0, 0.1) is 0 Å². The van der Waals surface area contributed by atoms with Gasteiger partial charge in [-0.25, -0.2) is 4.79 Å². The molecule has 0 spiro atoms. The summed E-state index contributed by atoms with van der Waals surface area (Å²) in [5.74, 6) is -6.61. The molecule has 0 fully saturated rings. The maximum absolute atomic E-state index is 12.6. The first-order valence-electron chi connectivity index (χ1n) is 9.36. The summed E-state index contributed by atoms with van der Waals surface area (Å²) in [4.78, 5) is 70.7. The minimum Gasteiger partial charge on any atom is -0.481 e. The average molecular weight is 480 g/mol. The molecule has 0 aromatic heterocycles. The van der Waals surface area contributed by atoms with Crippen molar-refractivity contribution < 1.29 is 44.1 Å². The van der Waals surface area contributed by atoms with Crippen LogP contribution in [0.5, 0.6) is 0 Å². The highest BCUT2D eigenvalue weighted by atomic mass is 32.2. The molecule has 0 saturated carbocycles. The van der Waals surface area contributed by atoms with E-state index in [1.54, 1.807) is 6.26 Å². The Hall–Kier alpha value is -2.91. The van der Waals surface area contributed by atoms with E-state index in [4.69, 9.17) is 21.7 Å². The van der Waals surface area contributed by atoms with E-state index in [2.05, 4.69) is 10.6 Å². The summed E-state index contributed by atoms with van der Waals surface area (Å²) in [7, 11) is 0. The number of primary amides is 1. The van der Waals surface area contributed by atoms with E-state index in [1.807, 2.05) is 5.32 Å². The van der Waals surface area contributed by atoms with Crippen molar-refractivity contribution in [1.82, 2.24) is 16.0 Å². The Labute approximate surface area is 187 Å². The van der Waals surface area contributed by atoms with Gasteiger partial charge >= 0.3 is 11.9 Å². The summed E-state index contributed by atoms with van der Waals surface area (Å²) in [6.45, 7) is 1.09. The van der Waals surface area contributed by atoms with Crippen molar-refractivity contribution in [2.24, 2.45) is 11.5 Å². The molecule has 14 nitrogen and oxygen atoms in total. The summed E-state index contributed by atoms with van der Waals surface area (Å²) in [6.07, 6.45) is -1.07. The van der Waals surface area contributed by atoms with Gasteiger partial charge in [-0.1, -0.05) is 0 Å². The number of nitrogens with two attached hydrogens (primary N) is 2. The normalized spacial score (nSPS) is 15.4. The molecule has 32 heavy (non-hydrogen) atoms. The van der Waals surface area contributed by atoms with Crippen LogP contribution in [0.3, 0.4) is 0 Å². The van der Waals surface area contributed by atoms with Crippen LogP contribution in [0.4, 0.5) is 0 Å². The zero-order valence-corrected chi connectivity index (χ0v) is 18.4. The highest BCUT2D eigenvalue weighted by Gasteiger charge is 2.33. The summed E-state index contributed by atoms with van der Waals surface area (Å²) >= 11 is 1.44. The van der Waals surface area contributed by atoms with Gasteiger partial charge in [0, 0.05) is 0 Å². The molecule has 10 N–H and O–H groups in total. The molecular formula is C17H29N5O9S. The number of thioether (sulfide) groups is 1. The molecule has 182 valence electrons. The van der Waals surface area contributed by atoms with Crippen molar-refractivity contribution >= 4 is 47.3 Å². The topological polar surface area (TPSA) is 251 Å². The zero-order chi connectivity index (χ0) is 25.0. The second-order valence-electron chi connectivity index (χ2n) is 6.84. The smallest absolute Gasteiger partial charge is 0.328 e. The van der Waals surface area contributed by atoms with Gasteiger partial charge in [-0.05, 0) is 25.4 Å². The number of carboxylic acids is 2. The quantitative estimate of drug-likeness (QED) is 0.114. The lowest BCUT2D eigenvalue weighted by Gasteiger charge is -2.24. The van der Waals surface area contributed by atoms with Gasteiger partial charge in [0.25, 0.3) is 0 Å². The van der Waals surface area contributed by atoms with Crippen LogP contribution in [0.15, 0.2) is 0 Å². The molecule has 15 heteroatoms. The van der Waals surface area contributed by atoms with E-state index in [0.29, 0.717) is 5.75 Å². The number of aliphatic hydroxyl groups is 1. The van der Waals surface area contributed by atoms with E-state index in [9.17, 15) is 33.9 Å². The maximum atomic E-state index is 12.6. The first kappa shape index (κ1) is 29.1. The minimum absolute atomic E-state index is 0.276. The van der Waals surface area contributed by atoms with Crippen LogP contribution in [0.1, 0.15) is 26.2 Å². The molecule has 0 radical (unpaired) electrons. The molecule has 0 saturated heterocycles. The Bertz CT molecular complexity index is 719. The van der Waals surface area contributed by atoms with Gasteiger partial charge in [-0.15, -0.1) is 0 Å². The van der Waals surface area contributed by atoms with E-state index in [0.717, 1.165) is 6.92 Å². The van der Waals surface area contributed by atoms with Crippen molar-refractivity contribution in [1.29, 1.82) is 0 Å². The number of rotatable bonds is 15. The first-order valence-corrected chi connectivity index (χ1v) is 10.8. The minimum atomic E-state index is -1.78. The SMILES string of the molecule is CSCCC(N)C(=O)NC(CC(N)=O)C(=O)NC(CC(=O)O)C(=O)NC(C(=O)O)C(C)O. The molecule has 0 aromatic rings. The summed E-state index contributed by atoms with van der Waals surface area (Å²) in [5, 5.41) is 33.7. The number of carbonyl (C=O) groups excluding carboxylic acids is 4. The van der Waals surface area contributed by atoms with E-state index < -0.39 is 78.7 Å². The van der Waals surface area contributed by atoms with Gasteiger partial charge in [0.2, 0.25) is 23.6 Å². The van der Waals surface area contributed by atoms with Gasteiger partial charge in [0.05, 0.1) is 25.0 Å². The monoisotopic (exact) mass is 479 g/mol. The van der Waals surface area contributed by atoms with Crippen molar-refractivity contribution in [3.05, 3.63) is 0 Å². The largest absolute Gasteiger partial charge is 0.481 e. The predicted molar refractivity (Wildman–Crippen MR) is 112 cm³/mol. The number of aliphatic carboxylic acids is 2. The van der Waals surface area contributed by atoms with Gasteiger partial charge in [-0.3, -0.25) is 24.0 Å². The number of hydrogen-bond acceptors (Lipinski definition) is 9. The van der Waals surface area contributed by atoms with Crippen LogP contribution in [-0.2, 0) is 28.8 Å². The molecular weight excluding hydrogens is 450 g/mol. The summed E-state index contributed by atoms with van der Waals surface area (Å²) in [6, 6.07) is -6.10. The third-order valence-corrected chi connectivity index (χ3v) is 4.71. The maximum Gasteiger partial charge on any atom is 0.328 e. The standard InChI is InChI=1S/C17H29N5O9S/c1-7(23)13(17(30)31)22-16(29)10(6-12(25)26)21-15(28)9(5-11(19)24)20-14(27)8(18)3-4-32-2/h7-10,13,23H,3-6,18H2,1-2H3,(H2,19,24)(H,20,27)(H,21,28)(H,22,29)(H,25,26)(H,30,31). The third-order valence-electron chi connectivity index (χ3n) is 4.07. The molecule has 0 aromatic carbocycles. The van der Waals surface area contributed by atoms with Gasteiger partial charge in [-0.2, -0.15) is 11.8 Å². The number of amides is 4. The molecule has 0 bridgehead atoms. The van der Waals surface area contributed by atoms with Crippen molar-refractivity contribution in [2.75, 3.05) is 12.0 Å². The van der Waals surface area contributed by atoms with Crippen LogP contribution in [0.2, 0.25) is 0 Å². The van der Waals surface area contributed by atoms with E-state index >= 15 is 0 Å². The number of carbonyl (C=O) groups is 6. The fraction of sp³-hybridized carbons (Fsp3) is 0.647. The molecule has 0 aliphatic carbocycles. The molecule has 5 atom stereocenters. The van der Waals surface area contributed by atoms with Crippen LogP contribution < -0.4 is 27.4 Å². The van der Waals surface area contributed by atoms with Gasteiger partial charge in [0.15, 0.2) is 6.04 Å². The lowest BCUT2D eigenvalue weighted by molar-refractivity contribution is -0.146. The molecule has 5 unspecified atom stereocenters. The average Bonchev–Trinajstić information content (AvgIpc) is 2.67.